The smallest absolute Gasteiger partial charge is 0.330 e. The Kier molecular flexibility index (Phi) is 6.73. The zero-order valence-electron chi connectivity index (χ0n) is 19.5. The van der Waals surface area contributed by atoms with E-state index in [4.69, 9.17) is 10.7 Å². The molecule has 4 rings (SSSR count). The highest BCUT2D eigenvalue weighted by molar-refractivity contribution is 7.18. The van der Waals surface area contributed by atoms with Crippen LogP contribution >= 0.6 is 11.3 Å². The summed E-state index contributed by atoms with van der Waals surface area (Å²) in [6.45, 7) is 7.44. The van der Waals surface area contributed by atoms with Crippen LogP contribution in [-0.4, -0.2) is 26.1 Å². The highest BCUT2D eigenvalue weighted by Crippen LogP contribution is 2.34. The van der Waals surface area contributed by atoms with E-state index in [1.54, 1.807) is 11.3 Å². The molecule has 0 bridgehead atoms. The number of rotatable bonds is 9. The molecule has 10 heteroatoms. The number of anilines is 2. The Labute approximate surface area is 195 Å². The van der Waals surface area contributed by atoms with Crippen molar-refractivity contribution in [2.45, 2.75) is 72.4 Å². The number of nitrogens with zero attached hydrogens (tertiary/aromatic N) is 3. The summed E-state index contributed by atoms with van der Waals surface area (Å²) in [5.74, 6) is 1.04. The molecule has 0 unspecified atom stereocenters. The van der Waals surface area contributed by atoms with Gasteiger partial charge >= 0.3 is 5.69 Å². The minimum atomic E-state index is -0.521. The quantitative estimate of drug-likeness (QED) is 0.439. The first kappa shape index (κ1) is 23.3. The first-order valence-corrected chi connectivity index (χ1v) is 12.5. The number of fused-ring (bicyclic) bond motifs is 3. The summed E-state index contributed by atoms with van der Waals surface area (Å²) in [6, 6.07) is 0. The number of nitrogens with one attached hydrogen (secondary N) is 2. The van der Waals surface area contributed by atoms with Gasteiger partial charge < -0.3 is 15.6 Å². The molecule has 0 fully saturated rings. The molecular weight excluding hydrogens is 440 g/mol. The van der Waals surface area contributed by atoms with Crippen LogP contribution in [0.1, 0.15) is 62.7 Å². The third-order valence-corrected chi connectivity index (χ3v) is 7.39. The topological polar surface area (TPSA) is 130 Å². The van der Waals surface area contributed by atoms with Gasteiger partial charge in [-0.25, -0.2) is 9.78 Å². The molecular formula is C23H32N6O3S. The molecule has 0 atom stereocenters. The Balaban J connectivity index is 1.76. The van der Waals surface area contributed by atoms with Crippen LogP contribution in [0.2, 0.25) is 0 Å². The molecule has 33 heavy (non-hydrogen) atoms. The molecule has 0 radical (unpaired) electrons. The molecule has 3 aromatic rings. The predicted octanol–water partition coefficient (Wildman–Crippen LogP) is 2.76. The molecule has 9 nitrogen and oxygen atoms in total. The fraction of sp³-hybridized carbons (Fsp3) is 0.565. The van der Waals surface area contributed by atoms with E-state index in [2.05, 4.69) is 23.8 Å². The second-order valence-corrected chi connectivity index (χ2v) is 10.2. The first-order chi connectivity index (χ1) is 15.8. The number of aryl methyl sites for hydroxylation is 2. The average Bonchev–Trinajstić information content (AvgIpc) is 3.32. The van der Waals surface area contributed by atoms with Crippen molar-refractivity contribution in [3.63, 3.8) is 0 Å². The minimum absolute atomic E-state index is 0.131. The summed E-state index contributed by atoms with van der Waals surface area (Å²) in [4.78, 5) is 52.1. The number of hydrogen-bond acceptors (Lipinski definition) is 7. The Morgan fingerprint density at radius 2 is 1.97 bits per heavy atom. The van der Waals surface area contributed by atoms with E-state index in [9.17, 15) is 14.4 Å². The van der Waals surface area contributed by atoms with Crippen LogP contribution in [0.4, 0.5) is 11.5 Å². The maximum Gasteiger partial charge on any atom is 0.330 e. The molecule has 4 N–H and O–H groups in total. The lowest BCUT2D eigenvalue weighted by Crippen LogP contribution is -2.39. The summed E-state index contributed by atoms with van der Waals surface area (Å²) in [5, 5.41) is 0.704. The van der Waals surface area contributed by atoms with E-state index < -0.39 is 11.2 Å². The number of aromatic nitrogens is 4. The molecule has 0 aliphatic heterocycles. The van der Waals surface area contributed by atoms with Crippen LogP contribution in [0.25, 0.3) is 10.2 Å². The largest absolute Gasteiger partial charge is 0.383 e. The minimum Gasteiger partial charge on any atom is -0.383 e. The third kappa shape index (κ3) is 4.62. The molecule has 178 valence electrons. The molecule has 0 spiro atoms. The first-order valence-electron chi connectivity index (χ1n) is 11.7. The summed E-state index contributed by atoms with van der Waals surface area (Å²) >= 11 is 1.59. The summed E-state index contributed by atoms with van der Waals surface area (Å²) in [6.07, 6.45) is 5.48. The second kappa shape index (κ2) is 9.54. The van der Waals surface area contributed by atoms with Gasteiger partial charge in [-0.05, 0) is 43.6 Å². The van der Waals surface area contributed by atoms with Gasteiger partial charge in [0, 0.05) is 18.0 Å². The molecule has 0 saturated carbocycles. The molecule has 0 saturated heterocycles. The predicted molar refractivity (Wildman–Crippen MR) is 133 cm³/mol. The van der Waals surface area contributed by atoms with Crippen molar-refractivity contribution < 1.29 is 0 Å². The van der Waals surface area contributed by atoms with E-state index in [0.29, 0.717) is 30.2 Å². The molecule has 1 aliphatic rings. The molecule has 0 amide bonds. The Hall–Kier alpha value is -2.88. The van der Waals surface area contributed by atoms with Crippen LogP contribution in [0, 0.1) is 5.92 Å². The Morgan fingerprint density at radius 3 is 2.70 bits per heavy atom. The SMILES string of the molecule is CCCCn1c(N)c(N(CCC(C)C)Cc2nc3sc4c(c3c(=O)[nH]2)CCC4)c(=O)[nH]c1=O. The van der Waals surface area contributed by atoms with Gasteiger partial charge in [0.2, 0.25) is 0 Å². The number of hydrogen-bond donors (Lipinski definition) is 3. The van der Waals surface area contributed by atoms with Gasteiger partial charge in [-0.1, -0.05) is 27.2 Å². The fourth-order valence-electron chi connectivity index (χ4n) is 4.41. The number of unbranched alkanes of at least 4 members (excludes halogenated alkanes) is 1. The molecule has 1 aliphatic carbocycles. The Morgan fingerprint density at radius 1 is 1.18 bits per heavy atom. The lowest BCUT2D eigenvalue weighted by molar-refractivity contribution is 0.562. The van der Waals surface area contributed by atoms with Crippen LogP contribution < -0.4 is 27.4 Å². The maximum absolute atomic E-state index is 12.9. The van der Waals surface area contributed by atoms with Gasteiger partial charge in [0.05, 0.1) is 11.9 Å². The van der Waals surface area contributed by atoms with Crippen LogP contribution in [0.15, 0.2) is 14.4 Å². The zero-order valence-corrected chi connectivity index (χ0v) is 20.3. The van der Waals surface area contributed by atoms with E-state index in [1.165, 1.54) is 9.44 Å². The van der Waals surface area contributed by atoms with Crippen LogP contribution in [-0.2, 0) is 25.9 Å². The highest BCUT2D eigenvalue weighted by atomic mass is 32.1. The summed E-state index contributed by atoms with van der Waals surface area (Å²) in [7, 11) is 0. The van der Waals surface area contributed by atoms with Crippen molar-refractivity contribution >= 4 is 33.1 Å². The second-order valence-electron chi connectivity index (χ2n) is 9.15. The number of H-pyrrole nitrogens is 2. The lowest BCUT2D eigenvalue weighted by atomic mass is 10.1. The molecule has 3 heterocycles. The van der Waals surface area contributed by atoms with E-state index >= 15 is 0 Å². The van der Waals surface area contributed by atoms with E-state index in [1.807, 2.05) is 11.8 Å². The third-order valence-electron chi connectivity index (χ3n) is 6.21. The van der Waals surface area contributed by atoms with Crippen LogP contribution in [0.3, 0.4) is 0 Å². The Bertz CT molecular complexity index is 1330. The lowest BCUT2D eigenvalue weighted by Gasteiger charge is -2.26. The van der Waals surface area contributed by atoms with Gasteiger partial charge in [-0.15, -0.1) is 11.3 Å². The van der Waals surface area contributed by atoms with E-state index in [0.717, 1.165) is 48.9 Å². The van der Waals surface area contributed by atoms with Gasteiger partial charge in [0.15, 0.2) is 0 Å². The number of nitrogens with two attached hydrogens (primary N) is 1. The fourth-order valence-corrected chi connectivity index (χ4v) is 5.69. The molecule has 3 aromatic heterocycles. The van der Waals surface area contributed by atoms with Crippen molar-refractivity contribution in [1.82, 2.24) is 19.5 Å². The maximum atomic E-state index is 12.9. The number of aromatic amines is 2. The number of thiophene rings is 1. The van der Waals surface area contributed by atoms with Gasteiger partial charge in [-0.2, -0.15) is 0 Å². The van der Waals surface area contributed by atoms with Crippen molar-refractivity contribution in [3.05, 3.63) is 47.5 Å². The van der Waals surface area contributed by atoms with Crippen molar-refractivity contribution in [2.75, 3.05) is 17.2 Å². The van der Waals surface area contributed by atoms with Crippen LogP contribution in [0.5, 0.6) is 0 Å². The summed E-state index contributed by atoms with van der Waals surface area (Å²) < 4.78 is 1.42. The highest BCUT2D eigenvalue weighted by Gasteiger charge is 2.23. The normalized spacial score (nSPS) is 13.2. The van der Waals surface area contributed by atoms with Crippen molar-refractivity contribution in [1.29, 1.82) is 0 Å². The monoisotopic (exact) mass is 472 g/mol. The van der Waals surface area contributed by atoms with Gasteiger partial charge in [0.1, 0.15) is 22.2 Å². The average molecular weight is 473 g/mol. The zero-order chi connectivity index (χ0) is 23.7. The van der Waals surface area contributed by atoms with Crippen molar-refractivity contribution in [3.8, 4) is 0 Å². The summed E-state index contributed by atoms with van der Waals surface area (Å²) in [5.41, 5.74) is 6.60. The molecule has 0 aromatic carbocycles. The van der Waals surface area contributed by atoms with Gasteiger partial charge in [-0.3, -0.25) is 19.1 Å². The van der Waals surface area contributed by atoms with Crippen molar-refractivity contribution in [2.24, 2.45) is 5.92 Å². The van der Waals surface area contributed by atoms with E-state index in [-0.39, 0.29) is 23.6 Å². The number of nitrogen functional groups attached to an aromatic ring is 1. The van der Waals surface area contributed by atoms with Gasteiger partial charge in [0.25, 0.3) is 11.1 Å². The standard InChI is InChI=1S/C23H32N6O3S/c1-4-5-10-29-19(24)18(21(31)27-23(29)32)28(11-9-13(2)3)12-16-25-20(30)17-14-7-6-8-15(14)33-22(17)26-16/h13H,4-12,24H2,1-3H3,(H,25,26,30)(H,27,31,32).